The first-order valence-electron chi connectivity index (χ1n) is 8.56. The first-order chi connectivity index (χ1) is 11.6. The number of hydrogen-bond donors (Lipinski definition) is 1. The van der Waals surface area contributed by atoms with Crippen molar-refractivity contribution in [1.29, 1.82) is 0 Å². The van der Waals surface area contributed by atoms with Crippen LogP contribution in [-0.4, -0.2) is 28.8 Å². The first kappa shape index (κ1) is 17.1. The zero-order valence-corrected chi connectivity index (χ0v) is 13.9. The van der Waals surface area contributed by atoms with Crippen LogP contribution < -0.4 is 0 Å². The van der Waals surface area contributed by atoms with Crippen LogP contribution in [0.2, 0.25) is 0 Å². The predicted octanol–water partition coefficient (Wildman–Crippen LogP) is 4.37. The maximum atomic E-state index is 13.3. The second-order valence-corrected chi connectivity index (χ2v) is 6.51. The minimum Gasteiger partial charge on any atom is -0.378 e. The van der Waals surface area contributed by atoms with Gasteiger partial charge < -0.3 is 5.11 Å². The molecule has 2 aromatic carbocycles. The van der Waals surface area contributed by atoms with E-state index in [0.29, 0.717) is 18.0 Å². The monoisotopic (exact) mass is 331 g/mol. The van der Waals surface area contributed by atoms with Gasteiger partial charge in [-0.15, -0.1) is 0 Å². The molecule has 1 fully saturated rings. The van der Waals surface area contributed by atoms with Crippen LogP contribution in [0.1, 0.15) is 31.7 Å². The average Bonchev–Trinajstić information content (AvgIpc) is 3.37. The maximum Gasteiger partial charge on any atom is 0.126 e. The van der Waals surface area contributed by atoms with E-state index in [-0.39, 0.29) is 0 Å². The summed E-state index contributed by atoms with van der Waals surface area (Å²) in [6.45, 7) is 3.03. The highest BCUT2D eigenvalue weighted by molar-refractivity contribution is 5.63. The Balaban J connectivity index is 1.69. The van der Waals surface area contributed by atoms with E-state index in [2.05, 4.69) is 11.8 Å². The van der Waals surface area contributed by atoms with Crippen LogP contribution in [0.25, 0.3) is 11.1 Å². The zero-order valence-electron chi connectivity index (χ0n) is 13.9. The lowest BCUT2D eigenvalue weighted by atomic mass is 10.0. The molecule has 1 aliphatic rings. The predicted molar refractivity (Wildman–Crippen MR) is 91.5 cm³/mol. The van der Waals surface area contributed by atoms with Gasteiger partial charge in [0.2, 0.25) is 0 Å². The third kappa shape index (κ3) is 4.19. The van der Waals surface area contributed by atoms with E-state index in [1.54, 1.807) is 0 Å². The Labute approximate surface area is 141 Å². The van der Waals surface area contributed by atoms with Crippen molar-refractivity contribution in [3.63, 3.8) is 0 Å². The Morgan fingerprint density at radius 3 is 2.21 bits per heavy atom. The Hall–Kier alpha value is -1.78. The van der Waals surface area contributed by atoms with E-state index >= 15 is 0 Å². The van der Waals surface area contributed by atoms with E-state index in [4.69, 9.17) is 0 Å². The van der Waals surface area contributed by atoms with E-state index < -0.39 is 17.9 Å². The molecular weight excluding hydrogens is 308 g/mol. The van der Waals surface area contributed by atoms with Gasteiger partial charge in [-0.2, -0.15) is 0 Å². The van der Waals surface area contributed by atoms with Crippen molar-refractivity contribution in [1.82, 2.24) is 4.90 Å². The van der Waals surface area contributed by atoms with Crippen molar-refractivity contribution in [2.24, 2.45) is 0 Å². The molecule has 1 atom stereocenters. The van der Waals surface area contributed by atoms with Gasteiger partial charge in [0.1, 0.15) is 17.9 Å². The van der Waals surface area contributed by atoms with Gasteiger partial charge >= 0.3 is 0 Å². The lowest BCUT2D eigenvalue weighted by molar-refractivity contribution is -0.00167. The Morgan fingerprint density at radius 1 is 1.04 bits per heavy atom. The molecule has 128 valence electrons. The zero-order chi connectivity index (χ0) is 17.1. The number of hydrogen-bond acceptors (Lipinski definition) is 2. The van der Waals surface area contributed by atoms with Crippen LogP contribution in [0, 0.1) is 11.6 Å². The highest BCUT2D eigenvalue weighted by Gasteiger charge is 2.32. The molecule has 0 amide bonds. The van der Waals surface area contributed by atoms with Crippen molar-refractivity contribution in [3.05, 3.63) is 59.7 Å². The SMILES string of the molecule is CCCN(C(O)Cc1ccc(-c2cc(F)cc(F)c2)cc1)C1CC1. The summed E-state index contributed by atoms with van der Waals surface area (Å²) in [5.41, 5.74) is 2.30. The lowest BCUT2D eigenvalue weighted by Gasteiger charge is -2.27. The second kappa shape index (κ2) is 7.41. The Kier molecular flexibility index (Phi) is 5.27. The average molecular weight is 331 g/mol. The standard InChI is InChI=1S/C20H23F2NO/c1-2-9-23(19-7-8-19)20(24)10-14-3-5-15(6-4-14)16-11-17(21)13-18(22)12-16/h3-6,11-13,19-20,24H,2,7-10H2,1H3. The van der Waals surface area contributed by atoms with Crippen molar-refractivity contribution in [2.75, 3.05) is 6.54 Å². The van der Waals surface area contributed by atoms with E-state index in [1.165, 1.54) is 25.0 Å². The third-order valence-corrected chi connectivity index (χ3v) is 4.45. The van der Waals surface area contributed by atoms with Gasteiger partial charge in [-0.3, -0.25) is 4.90 Å². The fourth-order valence-electron chi connectivity index (χ4n) is 3.12. The first-order valence-corrected chi connectivity index (χ1v) is 8.56. The summed E-state index contributed by atoms with van der Waals surface area (Å²) in [5, 5.41) is 10.5. The van der Waals surface area contributed by atoms with Gasteiger partial charge in [-0.1, -0.05) is 31.2 Å². The van der Waals surface area contributed by atoms with E-state index in [0.717, 1.165) is 30.2 Å². The van der Waals surface area contributed by atoms with Crippen LogP contribution in [-0.2, 0) is 6.42 Å². The molecule has 1 N–H and O–H groups in total. The second-order valence-electron chi connectivity index (χ2n) is 6.51. The number of aliphatic hydroxyl groups is 1. The van der Waals surface area contributed by atoms with Crippen LogP contribution in [0.4, 0.5) is 8.78 Å². The molecule has 0 saturated heterocycles. The lowest BCUT2D eigenvalue weighted by Crippen LogP contribution is -2.39. The van der Waals surface area contributed by atoms with Crippen molar-refractivity contribution in [3.8, 4) is 11.1 Å². The van der Waals surface area contributed by atoms with Crippen LogP contribution in [0.5, 0.6) is 0 Å². The molecule has 24 heavy (non-hydrogen) atoms. The Bertz CT molecular complexity index is 662. The van der Waals surface area contributed by atoms with Gasteiger partial charge in [-0.25, -0.2) is 8.78 Å². The van der Waals surface area contributed by atoms with Crippen LogP contribution >= 0.6 is 0 Å². The molecule has 1 saturated carbocycles. The molecule has 3 rings (SSSR count). The molecule has 2 aromatic rings. The number of halogens is 2. The molecular formula is C20H23F2NO. The summed E-state index contributed by atoms with van der Waals surface area (Å²) < 4.78 is 26.7. The van der Waals surface area contributed by atoms with Gasteiger partial charge in [0.15, 0.2) is 0 Å². The highest BCUT2D eigenvalue weighted by Crippen LogP contribution is 2.29. The molecule has 1 unspecified atom stereocenters. The van der Waals surface area contributed by atoms with Gasteiger partial charge in [0.25, 0.3) is 0 Å². The molecule has 0 heterocycles. The van der Waals surface area contributed by atoms with Crippen molar-refractivity contribution in [2.45, 2.75) is 44.9 Å². The van der Waals surface area contributed by atoms with Gasteiger partial charge in [-0.05, 0) is 48.1 Å². The molecule has 2 nitrogen and oxygen atoms in total. The summed E-state index contributed by atoms with van der Waals surface area (Å²) in [4.78, 5) is 2.18. The molecule has 1 aliphatic carbocycles. The third-order valence-electron chi connectivity index (χ3n) is 4.45. The molecule has 0 radical (unpaired) electrons. The van der Waals surface area contributed by atoms with E-state index in [1.807, 2.05) is 24.3 Å². The summed E-state index contributed by atoms with van der Waals surface area (Å²) in [6.07, 6.45) is 3.45. The van der Waals surface area contributed by atoms with E-state index in [9.17, 15) is 13.9 Å². The summed E-state index contributed by atoms with van der Waals surface area (Å²) in [7, 11) is 0. The minimum atomic E-state index is -0.580. The summed E-state index contributed by atoms with van der Waals surface area (Å²) in [5.74, 6) is -1.16. The molecule has 0 aromatic heterocycles. The van der Waals surface area contributed by atoms with Crippen molar-refractivity contribution >= 4 is 0 Å². The molecule has 0 aliphatic heterocycles. The minimum absolute atomic E-state index is 0.477. The molecule has 4 heteroatoms. The fourth-order valence-corrected chi connectivity index (χ4v) is 3.12. The molecule has 0 spiro atoms. The smallest absolute Gasteiger partial charge is 0.126 e. The van der Waals surface area contributed by atoms with Crippen molar-refractivity contribution < 1.29 is 13.9 Å². The van der Waals surface area contributed by atoms with Gasteiger partial charge in [0.05, 0.1) is 0 Å². The van der Waals surface area contributed by atoms with Crippen LogP contribution in [0.3, 0.4) is 0 Å². The topological polar surface area (TPSA) is 23.5 Å². The van der Waals surface area contributed by atoms with Gasteiger partial charge in [0, 0.05) is 25.1 Å². The maximum absolute atomic E-state index is 13.3. The number of nitrogens with zero attached hydrogens (tertiary/aromatic N) is 1. The number of aliphatic hydroxyl groups excluding tert-OH is 1. The number of benzene rings is 2. The summed E-state index contributed by atoms with van der Waals surface area (Å²) >= 11 is 0. The highest BCUT2D eigenvalue weighted by atomic mass is 19.1. The summed E-state index contributed by atoms with van der Waals surface area (Å²) in [6, 6.07) is 11.6. The fraction of sp³-hybridized carbons (Fsp3) is 0.400. The quantitative estimate of drug-likeness (QED) is 0.762. The largest absolute Gasteiger partial charge is 0.378 e. The van der Waals surface area contributed by atoms with Crippen LogP contribution in [0.15, 0.2) is 42.5 Å². The number of rotatable bonds is 7. The Morgan fingerprint density at radius 2 is 1.67 bits per heavy atom. The molecule has 0 bridgehead atoms. The normalized spacial score (nSPS) is 15.7.